The van der Waals surface area contributed by atoms with Crippen molar-refractivity contribution in [3.05, 3.63) is 35.4 Å². The Morgan fingerprint density at radius 2 is 1.56 bits per heavy atom. The molecule has 0 fully saturated rings. The Labute approximate surface area is 118 Å². The molecule has 1 aromatic carbocycles. The van der Waals surface area contributed by atoms with Crippen LogP contribution in [0.5, 0.6) is 0 Å². The first kappa shape index (κ1) is 17.3. The topological polar surface area (TPSA) is 0 Å². The normalized spacial score (nSPS) is 11.8. The fraction of sp³-hybridized carbons (Fsp3) is 0.647. The van der Waals surface area contributed by atoms with Gasteiger partial charge >= 0.3 is 0 Å². The molecular formula is C17H30B. The van der Waals surface area contributed by atoms with Gasteiger partial charge in [0, 0.05) is 9.78 Å². The molecule has 0 atom stereocenters. The third-order valence-electron chi connectivity index (χ3n) is 2.63. The van der Waals surface area contributed by atoms with Crippen LogP contribution in [0.2, 0.25) is 0 Å². The Hall–Kier alpha value is -0.715. The van der Waals surface area contributed by atoms with Gasteiger partial charge in [0.05, 0.1) is 0 Å². The van der Waals surface area contributed by atoms with Crippen LogP contribution in [-0.2, 0) is 0 Å². The van der Waals surface area contributed by atoms with Gasteiger partial charge in [-0.15, -0.1) is 0 Å². The Kier molecular flexibility index (Phi) is 8.88. The molecule has 0 heterocycles. The maximum Gasteiger partial charge on any atom is 0.0347 e. The molecule has 1 heteroatoms. The van der Waals surface area contributed by atoms with E-state index in [0.717, 1.165) is 5.56 Å². The molecule has 0 nitrogen and oxygen atoms in total. The predicted octanol–water partition coefficient (Wildman–Crippen LogP) is 5.57. The van der Waals surface area contributed by atoms with Crippen LogP contribution >= 0.6 is 0 Å². The van der Waals surface area contributed by atoms with E-state index in [1.54, 1.807) is 0 Å². The summed E-state index contributed by atoms with van der Waals surface area (Å²) in [4.78, 5) is 0. The summed E-state index contributed by atoms with van der Waals surface area (Å²) in [5.41, 5.74) is 2.87. The van der Waals surface area contributed by atoms with Crippen molar-refractivity contribution in [2.75, 3.05) is 0 Å². The molecule has 3 radical (unpaired) electrons. The second-order valence-corrected chi connectivity index (χ2v) is 6.18. The molecule has 0 unspecified atom stereocenters. The lowest BCUT2D eigenvalue weighted by Gasteiger charge is -2.15. The molecule has 0 spiro atoms. The average Bonchev–Trinajstić information content (AvgIpc) is 2.15. The molecular weight excluding hydrogens is 215 g/mol. The van der Waals surface area contributed by atoms with Crippen LogP contribution in [0.15, 0.2) is 24.3 Å². The van der Waals surface area contributed by atoms with Crippen molar-refractivity contribution in [3.8, 4) is 0 Å². The second kappa shape index (κ2) is 9.25. The predicted molar refractivity (Wildman–Crippen MR) is 85.4 cm³/mol. The Bertz CT molecular complexity index is 328. The maximum absolute atomic E-state index is 7.74. The highest BCUT2D eigenvalue weighted by molar-refractivity contribution is 5.75. The SMILES string of the molecule is CCCC(C)(C)C.[3H]C(C)(C)c1ccc(C)cc1.[B]. The van der Waals surface area contributed by atoms with Gasteiger partial charge in [-0.05, 0) is 30.2 Å². The molecule has 0 amide bonds. The second-order valence-electron chi connectivity index (χ2n) is 6.18. The Morgan fingerprint density at radius 1 is 1.11 bits per heavy atom. The van der Waals surface area contributed by atoms with Gasteiger partial charge in [0.15, 0.2) is 0 Å². The Morgan fingerprint density at radius 3 is 1.78 bits per heavy atom. The zero-order valence-electron chi connectivity index (χ0n) is 14.3. The molecule has 0 aliphatic rings. The Balaban J connectivity index is 0. The van der Waals surface area contributed by atoms with Crippen molar-refractivity contribution in [3.63, 3.8) is 0 Å². The number of aryl methyl sites for hydroxylation is 1. The summed E-state index contributed by atoms with van der Waals surface area (Å²) in [6, 6.07) is 8.13. The highest BCUT2D eigenvalue weighted by Crippen LogP contribution is 2.19. The van der Waals surface area contributed by atoms with Crippen molar-refractivity contribution >= 4 is 8.41 Å². The van der Waals surface area contributed by atoms with Gasteiger partial charge in [-0.1, -0.05) is 77.8 Å². The molecule has 0 aromatic heterocycles. The van der Waals surface area contributed by atoms with Crippen molar-refractivity contribution in [1.82, 2.24) is 0 Å². The highest BCUT2D eigenvalue weighted by Gasteiger charge is 2.06. The molecule has 0 bridgehead atoms. The van der Waals surface area contributed by atoms with Gasteiger partial charge in [0.1, 0.15) is 0 Å². The van der Waals surface area contributed by atoms with Gasteiger partial charge in [0.2, 0.25) is 0 Å². The van der Waals surface area contributed by atoms with Crippen LogP contribution in [0, 0.1) is 12.3 Å². The van der Waals surface area contributed by atoms with E-state index in [1.807, 2.05) is 38.1 Å². The van der Waals surface area contributed by atoms with Crippen molar-refractivity contribution in [2.24, 2.45) is 5.41 Å². The number of hydrogen-bond donors (Lipinski definition) is 0. The van der Waals surface area contributed by atoms with E-state index in [2.05, 4.69) is 34.6 Å². The molecule has 18 heavy (non-hydrogen) atoms. The molecule has 1 aromatic rings. The molecule has 0 aliphatic carbocycles. The summed E-state index contributed by atoms with van der Waals surface area (Å²) in [6.45, 7) is 14.9. The van der Waals surface area contributed by atoms with E-state index >= 15 is 0 Å². The summed E-state index contributed by atoms with van der Waals surface area (Å²) in [5.74, 6) is -0.465. The van der Waals surface area contributed by atoms with E-state index in [0.29, 0.717) is 5.41 Å². The number of benzene rings is 1. The third kappa shape index (κ3) is 10.4. The van der Waals surface area contributed by atoms with Crippen molar-refractivity contribution in [2.45, 2.75) is 67.2 Å². The minimum Gasteiger partial charge on any atom is -0.0654 e. The smallest absolute Gasteiger partial charge is 0.0347 e. The van der Waals surface area contributed by atoms with Gasteiger partial charge in [-0.3, -0.25) is 0 Å². The summed E-state index contributed by atoms with van der Waals surface area (Å²) < 4.78 is 7.74. The first-order valence-corrected chi connectivity index (χ1v) is 6.63. The van der Waals surface area contributed by atoms with Gasteiger partial charge < -0.3 is 0 Å². The van der Waals surface area contributed by atoms with E-state index in [4.69, 9.17) is 1.37 Å². The lowest BCUT2D eigenvalue weighted by atomic mass is 9.91. The quantitative estimate of drug-likeness (QED) is 0.599. The minimum absolute atomic E-state index is 0. The lowest BCUT2D eigenvalue weighted by molar-refractivity contribution is 0.373. The van der Waals surface area contributed by atoms with Crippen LogP contribution in [0.1, 0.15) is 72.8 Å². The van der Waals surface area contributed by atoms with E-state index < -0.39 is 5.89 Å². The molecule has 1 rings (SSSR count). The summed E-state index contributed by atoms with van der Waals surface area (Å²) in [5, 5.41) is 0. The van der Waals surface area contributed by atoms with Crippen molar-refractivity contribution < 1.29 is 1.37 Å². The number of rotatable bonds is 2. The standard InChI is InChI=1S/C10H14.C7H16.B/c1-8(2)10-6-4-9(3)5-7-10;1-5-6-7(2,3)4;/h4-8H,1-3H3;5-6H2,1-4H3;/i8T;;. The largest absolute Gasteiger partial charge is 0.0654 e. The molecule has 101 valence electrons. The van der Waals surface area contributed by atoms with Gasteiger partial charge in [-0.2, -0.15) is 0 Å². The van der Waals surface area contributed by atoms with Gasteiger partial charge in [-0.25, -0.2) is 0 Å². The summed E-state index contributed by atoms with van der Waals surface area (Å²) in [7, 11) is 0. The van der Waals surface area contributed by atoms with E-state index in [1.165, 1.54) is 18.4 Å². The minimum atomic E-state index is -0.465. The monoisotopic (exact) mass is 247 g/mol. The third-order valence-corrected chi connectivity index (χ3v) is 2.63. The van der Waals surface area contributed by atoms with Gasteiger partial charge in [0.25, 0.3) is 0 Å². The molecule has 0 saturated heterocycles. The molecule has 0 N–H and O–H groups in total. The highest BCUT2D eigenvalue weighted by atomic mass is 14.1. The number of hydrogen-bond acceptors (Lipinski definition) is 0. The average molecular weight is 247 g/mol. The first-order valence-electron chi connectivity index (χ1n) is 7.13. The molecule has 0 aliphatic heterocycles. The fourth-order valence-electron chi connectivity index (χ4n) is 1.64. The molecule has 0 saturated carbocycles. The first-order chi connectivity index (χ1) is 8.06. The van der Waals surface area contributed by atoms with Crippen LogP contribution in [0.3, 0.4) is 0 Å². The maximum atomic E-state index is 7.74. The lowest BCUT2D eigenvalue weighted by Crippen LogP contribution is -2.02. The fourth-order valence-corrected chi connectivity index (χ4v) is 1.64. The zero-order valence-corrected chi connectivity index (χ0v) is 13.3. The van der Waals surface area contributed by atoms with Crippen LogP contribution < -0.4 is 0 Å². The van der Waals surface area contributed by atoms with Crippen LogP contribution in [0.25, 0.3) is 0 Å². The van der Waals surface area contributed by atoms with Crippen LogP contribution in [0.4, 0.5) is 0 Å². The van der Waals surface area contributed by atoms with E-state index in [-0.39, 0.29) is 8.41 Å². The summed E-state index contributed by atoms with van der Waals surface area (Å²) >= 11 is 0. The van der Waals surface area contributed by atoms with E-state index in [9.17, 15) is 0 Å². The summed E-state index contributed by atoms with van der Waals surface area (Å²) in [6.07, 6.45) is 2.65. The van der Waals surface area contributed by atoms with Crippen LogP contribution in [-0.4, -0.2) is 8.41 Å². The van der Waals surface area contributed by atoms with Crippen molar-refractivity contribution in [1.29, 1.82) is 0 Å². The zero-order chi connectivity index (χ0) is 14.4.